The molecule has 1 saturated carbocycles. The molecule has 0 bridgehead atoms. The molecule has 1 fully saturated rings. The summed E-state index contributed by atoms with van der Waals surface area (Å²) >= 11 is 0. The molecule has 110 valence electrons. The van der Waals surface area contributed by atoms with E-state index < -0.39 is 10.0 Å². The predicted octanol–water partition coefficient (Wildman–Crippen LogP) is 2.66. The van der Waals surface area contributed by atoms with Crippen molar-refractivity contribution in [3.8, 4) is 0 Å². The second-order valence-electron chi connectivity index (χ2n) is 6.22. The SMILES string of the molecule is CC1(NS(=O)(=O)c2ccc3c(c2)CCCN3)CCCC1. The number of hydrogen-bond donors (Lipinski definition) is 2. The Bertz CT molecular complexity index is 604. The van der Waals surface area contributed by atoms with Crippen molar-refractivity contribution in [1.82, 2.24) is 4.72 Å². The Morgan fingerprint density at radius 2 is 1.95 bits per heavy atom. The Hall–Kier alpha value is -1.07. The van der Waals surface area contributed by atoms with Crippen LogP contribution in [0.25, 0.3) is 0 Å². The molecule has 0 unspecified atom stereocenters. The third-order valence-electron chi connectivity index (χ3n) is 4.41. The molecular formula is C15H22N2O2S. The molecule has 0 aromatic heterocycles. The van der Waals surface area contributed by atoms with Crippen LogP contribution >= 0.6 is 0 Å². The Labute approximate surface area is 121 Å². The zero-order chi connectivity index (χ0) is 14.2. The van der Waals surface area contributed by atoms with Crippen LogP contribution < -0.4 is 10.0 Å². The van der Waals surface area contributed by atoms with Gasteiger partial charge in [0.25, 0.3) is 0 Å². The number of anilines is 1. The maximum atomic E-state index is 12.5. The van der Waals surface area contributed by atoms with E-state index in [0.717, 1.165) is 56.3 Å². The summed E-state index contributed by atoms with van der Waals surface area (Å²) in [6.07, 6.45) is 6.07. The van der Waals surface area contributed by atoms with E-state index >= 15 is 0 Å². The highest BCUT2D eigenvalue weighted by atomic mass is 32.2. The van der Waals surface area contributed by atoms with E-state index in [1.807, 2.05) is 19.1 Å². The zero-order valence-corrected chi connectivity index (χ0v) is 12.7. The number of nitrogens with one attached hydrogen (secondary N) is 2. The topological polar surface area (TPSA) is 58.2 Å². The number of sulfonamides is 1. The first-order valence-corrected chi connectivity index (χ1v) is 8.88. The van der Waals surface area contributed by atoms with E-state index in [9.17, 15) is 8.42 Å². The van der Waals surface area contributed by atoms with Crippen LogP contribution in [0.4, 0.5) is 5.69 Å². The number of benzene rings is 1. The molecule has 3 rings (SSSR count). The van der Waals surface area contributed by atoms with Gasteiger partial charge in [-0.2, -0.15) is 0 Å². The predicted molar refractivity (Wildman–Crippen MR) is 80.4 cm³/mol. The van der Waals surface area contributed by atoms with E-state index in [0.29, 0.717) is 4.90 Å². The molecule has 1 heterocycles. The highest BCUT2D eigenvalue weighted by Crippen LogP contribution is 2.31. The summed E-state index contributed by atoms with van der Waals surface area (Å²) in [5.74, 6) is 0. The van der Waals surface area contributed by atoms with E-state index in [4.69, 9.17) is 0 Å². The fraction of sp³-hybridized carbons (Fsp3) is 0.600. The van der Waals surface area contributed by atoms with Gasteiger partial charge in [0.15, 0.2) is 0 Å². The average Bonchev–Trinajstić information content (AvgIpc) is 2.83. The summed E-state index contributed by atoms with van der Waals surface area (Å²) in [6, 6.07) is 5.42. The third kappa shape index (κ3) is 2.69. The molecule has 20 heavy (non-hydrogen) atoms. The lowest BCUT2D eigenvalue weighted by molar-refractivity contribution is 0.427. The Kier molecular flexibility index (Phi) is 3.50. The van der Waals surface area contributed by atoms with Gasteiger partial charge in [0, 0.05) is 17.8 Å². The molecule has 0 amide bonds. The van der Waals surface area contributed by atoms with Crippen LogP contribution in [-0.2, 0) is 16.4 Å². The quantitative estimate of drug-likeness (QED) is 0.901. The van der Waals surface area contributed by atoms with Gasteiger partial charge < -0.3 is 5.32 Å². The fourth-order valence-electron chi connectivity index (χ4n) is 3.26. The second kappa shape index (κ2) is 5.04. The largest absolute Gasteiger partial charge is 0.385 e. The maximum absolute atomic E-state index is 12.5. The van der Waals surface area contributed by atoms with Gasteiger partial charge in [0.2, 0.25) is 10.0 Å². The summed E-state index contributed by atoms with van der Waals surface area (Å²) in [5.41, 5.74) is 1.91. The van der Waals surface area contributed by atoms with E-state index in [1.165, 1.54) is 0 Å². The smallest absolute Gasteiger partial charge is 0.241 e. The lowest BCUT2D eigenvalue weighted by atomic mass is 10.0. The van der Waals surface area contributed by atoms with E-state index in [2.05, 4.69) is 10.0 Å². The lowest BCUT2D eigenvalue weighted by Gasteiger charge is -2.25. The molecular weight excluding hydrogens is 272 g/mol. The van der Waals surface area contributed by atoms with Gasteiger partial charge in [-0.25, -0.2) is 13.1 Å². The summed E-state index contributed by atoms with van der Waals surface area (Å²) in [6.45, 7) is 2.98. The molecule has 1 aliphatic heterocycles. The van der Waals surface area contributed by atoms with E-state index in [-0.39, 0.29) is 5.54 Å². The normalized spacial score (nSPS) is 21.2. The summed E-state index contributed by atoms with van der Waals surface area (Å²) in [5, 5.41) is 3.31. The minimum Gasteiger partial charge on any atom is -0.385 e. The van der Waals surface area contributed by atoms with Gasteiger partial charge >= 0.3 is 0 Å². The van der Waals surface area contributed by atoms with Gasteiger partial charge in [-0.15, -0.1) is 0 Å². The molecule has 0 spiro atoms. The van der Waals surface area contributed by atoms with Crippen molar-refractivity contribution in [3.63, 3.8) is 0 Å². The summed E-state index contributed by atoms with van der Waals surface area (Å²) < 4.78 is 28.0. The summed E-state index contributed by atoms with van der Waals surface area (Å²) in [4.78, 5) is 0.396. The molecule has 0 radical (unpaired) electrons. The van der Waals surface area contributed by atoms with Crippen LogP contribution in [0.15, 0.2) is 23.1 Å². The Balaban J connectivity index is 1.87. The monoisotopic (exact) mass is 294 g/mol. The van der Waals surface area contributed by atoms with Gasteiger partial charge in [0.1, 0.15) is 0 Å². The molecule has 0 atom stereocenters. The van der Waals surface area contributed by atoms with Crippen LogP contribution in [0, 0.1) is 0 Å². The summed E-state index contributed by atoms with van der Waals surface area (Å²) in [7, 11) is -3.41. The van der Waals surface area contributed by atoms with Crippen LogP contribution in [0.2, 0.25) is 0 Å². The first-order valence-electron chi connectivity index (χ1n) is 7.39. The molecule has 1 aliphatic carbocycles. The average molecular weight is 294 g/mol. The number of hydrogen-bond acceptors (Lipinski definition) is 3. The molecule has 4 nitrogen and oxygen atoms in total. The van der Waals surface area contributed by atoms with Crippen molar-refractivity contribution < 1.29 is 8.42 Å². The van der Waals surface area contributed by atoms with Crippen molar-refractivity contribution >= 4 is 15.7 Å². The minimum atomic E-state index is -3.41. The Morgan fingerprint density at radius 1 is 1.20 bits per heavy atom. The molecule has 1 aromatic rings. The lowest BCUT2D eigenvalue weighted by Crippen LogP contribution is -2.43. The molecule has 1 aromatic carbocycles. The first-order chi connectivity index (χ1) is 9.49. The molecule has 5 heteroatoms. The molecule has 0 saturated heterocycles. The number of fused-ring (bicyclic) bond motifs is 1. The highest BCUT2D eigenvalue weighted by molar-refractivity contribution is 7.89. The van der Waals surface area contributed by atoms with Crippen LogP contribution in [0.1, 0.15) is 44.6 Å². The molecule has 2 aliphatic rings. The van der Waals surface area contributed by atoms with Gasteiger partial charge in [-0.1, -0.05) is 12.8 Å². The van der Waals surface area contributed by atoms with E-state index in [1.54, 1.807) is 6.07 Å². The van der Waals surface area contributed by atoms with Gasteiger partial charge in [-0.3, -0.25) is 0 Å². The number of rotatable bonds is 3. The van der Waals surface area contributed by atoms with Gasteiger partial charge in [0.05, 0.1) is 4.90 Å². The van der Waals surface area contributed by atoms with Gasteiger partial charge in [-0.05, 0) is 56.4 Å². The minimum absolute atomic E-state index is 0.271. The van der Waals surface area contributed by atoms with Crippen molar-refractivity contribution in [2.75, 3.05) is 11.9 Å². The van der Waals surface area contributed by atoms with Crippen LogP contribution in [0.3, 0.4) is 0 Å². The fourth-order valence-corrected chi connectivity index (χ4v) is 4.77. The van der Waals surface area contributed by atoms with Crippen molar-refractivity contribution in [1.29, 1.82) is 0 Å². The van der Waals surface area contributed by atoms with Crippen LogP contribution in [0.5, 0.6) is 0 Å². The zero-order valence-electron chi connectivity index (χ0n) is 11.9. The van der Waals surface area contributed by atoms with Crippen molar-refractivity contribution in [2.45, 2.75) is 55.9 Å². The second-order valence-corrected chi connectivity index (χ2v) is 7.90. The third-order valence-corrected chi connectivity index (χ3v) is 6.05. The standard InChI is InChI=1S/C15H22N2O2S/c1-15(8-2-3-9-15)17-20(18,19)13-6-7-14-12(11-13)5-4-10-16-14/h6-7,11,16-17H,2-5,8-10H2,1H3. The molecule has 2 N–H and O–H groups in total. The van der Waals surface area contributed by atoms with Crippen molar-refractivity contribution in [3.05, 3.63) is 23.8 Å². The highest BCUT2D eigenvalue weighted by Gasteiger charge is 2.33. The first kappa shape index (κ1) is 13.9. The van der Waals surface area contributed by atoms with Crippen molar-refractivity contribution in [2.24, 2.45) is 0 Å². The van der Waals surface area contributed by atoms with Crippen LogP contribution in [-0.4, -0.2) is 20.5 Å². The number of aryl methyl sites for hydroxylation is 1. The Morgan fingerprint density at radius 3 is 2.70 bits per heavy atom. The maximum Gasteiger partial charge on any atom is 0.241 e.